The molecule has 0 aliphatic heterocycles. The number of phenols is 1. The molecule has 2 aromatic carbocycles. The van der Waals surface area contributed by atoms with Crippen molar-refractivity contribution in [3.05, 3.63) is 61.1 Å². The standard InChI is InChI=1S/C20H19Br2N3O2S/c1-12(2)24-20-25(17(11-28-20)14-6-4-5-7-15(14)21)23-10-13-8-16(22)19(26)18(9-13)27-3/h4-12,26H,1-3H3. The van der Waals surface area contributed by atoms with Crippen LogP contribution in [-0.4, -0.2) is 29.1 Å². The number of halogens is 2. The summed E-state index contributed by atoms with van der Waals surface area (Å²) in [5.41, 5.74) is 2.76. The van der Waals surface area contributed by atoms with Gasteiger partial charge in [0.15, 0.2) is 11.5 Å². The highest BCUT2D eigenvalue weighted by Gasteiger charge is 2.11. The zero-order valence-corrected chi connectivity index (χ0v) is 19.5. The van der Waals surface area contributed by atoms with E-state index in [9.17, 15) is 5.11 Å². The topological polar surface area (TPSA) is 59.1 Å². The van der Waals surface area contributed by atoms with Crippen LogP contribution in [0.1, 0.15) is 19.4 Å². The van der Waals surface area contributed by atoms with Crippen LogP contribution in [0.25, 0.3) is 11.3 Å². The van der Waals surface area contributed by atoms with E-state index in [4.69, 9.17) is 9.73 Å². The second kappa shape index (κ2) is 9.07. The second-order valence-electron chi connectivity index (χ2n) is 6.22. The summed E-state index contributed by atoms with van der Waals surface area (Å²) >= 11 is 8.51. The summed E-state index contributed by atoms with van der Waals surface area (Å²) in [5.74, 6) is 0.441. The molecule has 0 unspecified atom stereocenters. The summed E-state index contributed by atoms with van der Waals surface area (Å²) in [6.45, 7) is 4.07. The Hall–Kier alpha value is -1.90. The van der Waals surface area contributed by atoms with Crippen molar-refractivity contribution in [2.24, 2.45) is 10.1 Å². The molecule has 1 aromatic heterocycles. The zero-order valence-electron chi connectivity index (χ0n) is 15.6. The Balaban J connectivity index is 2.13. The van der Waals surface area contributed by atoms with Gasteiger partial charge in [-0.3, -0.25) is 4.99 Å². The number of thiazole rings is 1. The number of hydrogen-bond donors (Lipinski definition) is 1. The van der Waals surface area contributed by atoms with Crippen molar-refractivity contribution in [1.29, 1.82) is 0 Å². The van der Waals surface area contributed by atoms with Crippen LogP contribution in [0.3, 0.4) is 0 Å². The minimum absolute atomic E-state index is 0.0623. The first-order valence-corrected chi connectivity index (χ1v) is 11.0. The van der Waals surface area contributed by atoms with E-state index in [0.717, 1.165) is 26.1 Å². The van der Waals surface area contributed by atoms with Gasteiger partial charge in [0.05, 0.1) is 23.5 Å². The number of methoxy groups -OCH3 is 1. The average Bonchev–Trinajstić information content (AvgIpc) is 3.04. The predicted octanol–water partition coefficient (Wildman–Crippen LogP) is 5.65. The molecule has 1 heterocycles. The Labute approximate surface area is 184 Å². The number of phenolic OH excluding ortho intramolecular Hbond substituents is 1. The molecule has 0 fully saturated rings. The van der Waals surface area contributed by atoms with Crippen LogP contribution in [0, 0.1) is 0 Å². The number of ether oxygens (including phenoxy) is 1. The van der Waals surface area contributed by atoms with E-state index in [1.165, 1.54) is 7.11 Å². The molecule has 0 aliphatic rings. The van der Waals surface area contributed by atoms with Crippen LogP contribution in [0.5, 0.6) is 11.5 Å². The molecule has 28 heavy (non-hydrogen) atoms. The fourth-order valence-electron chi connectivity index (χ4n) is 2.52. The lowest BCUT2D eigenvalue weighted by atomic mass is 10.2. The molecule has 1 N–H and O–H groups in total. The molecule has 3 rings (SSSR count). The first-order valence-electron chi connectivity index (χ1n) is 8.51. The fourth-order valence-corrected chi connectivity index (χ4v) is 4.43. The number of aromatic nitrogens is 1. The predicted molar refractivity (Wildman–Crippen MR) is 121 cm³/mol. The van der Waals surface area contributed by atoms with Gasteiger partial charge in [-0.2, -0.15) is 5.10 Å². The molecule has 0 saturated carbocycles. The first kappa shape index (κ1) is 20.8. The van der Waals surface area contributed by atoms with E-state index >= 15 is 0 Å². The normalized spacial score (nSPS) is 12.3. The molecule has 0 spiro atoms. The van der Waals surface area contributed by atoms with Crippen LogP contribution in [0.15, 0.2) is 60.8 Å². The number of benzene rings is 2. The highest BCUT2D eigenvalue weighted by atomic mass is 79.9. The maximum atomic E-state index is 10.0. The average molecular weight is 525 g/mol. The fraction of sp³-hybridized carbons (Fsp3) is 0.200. The van der Waals surface area contributed by atoms with Crippen molar-refractivity contribution >= 4 is 49.4 Å². The van der Waals surface area contributed by atoms with Gasteiger partial charge in [0.1, 0.15) is 0 Å². The van der Waals surface area contributed by atoms with Gasteiger partial charge < -0.3 is 9.84 Å². The van der Waals surface area contributed by atoms with Gasteiger partial charge in [-0.25, -0.2) is 4.68 Å². The Kier molecular flexibility index (Phi) is 6.74. The van der Waals surface area contributed by atoms with Gasteiger partial charge in [0, 0.05) is 21.5 Å². The minimum atomic E-state index is 0.0623. The molecule has 0 radical (unpaired) electrons. The van der Waals surface area contributed by atoms with E-state index in [-0.39, 0.29) is 11.8 Å². The molecule has 3 aromatic rings. The molecule has 0 saturated heterocycles. The molecule has 0 atom stereocenters. The third kappa shape index (κ3) is 4.56. The molecular formula is C20H19Br2N3O2S. The van der Waals surface area contributed by atoms with Crippen molar-refractivity contribution < 1.29 is 9.84 Å². The molecular weight excluding hydrogens is 506 g/mol. The van der Waals surface area contributed by atoms with Gasteiger partial charge in [-0.15, -0.1) is 11.3 Å². The summed E-state index contributed by atoms with van der Waals surface area (Å²) < 4.78 is 8.58. The molecule has 0 aliphatic carbocycles. The Morgan fingerprint density at radius 3 is 2.61 bits per heavy atom. The van der Waals surface area contributed by atoms with Crippen molar-refractivity contribution in [3.8, 4) is 22.8 Å². The highest BCUT2D eigenvalue weighted by Crippen LogP contribution is 2.35. The molecule has 5 nitrogen and oxygen atoms in total. The Morgan fingerprint density at radius 2 is 1.93 bits per heavy atom. The number of nitrogens with zero attached hydrogens (tertiary/aromatic N) is 3. The molecule has 0 bridgehead atoms. The number of aromatic hydroxyl groups is 1. The molecule has 146 valence electrons. The van der Waals surface area contributed by atoms with Crippen LogP contribution in [-0.2, 0) is 0 Å². The molecule has 0 amide bonds. The van der Waals surface area contributed by atoms with Crippen molar-refractivity contribution in [1.82, 2.24) is 4.68 Å². The lowest BCUT2D eigenvalue weighted by Gasteiger charge is -2.08. The Morgan fingerprint density at radius 1 is 1.18 bits per heavy atom. The number of hydrogen-bond acceptors (Lipinski definition) is 5. The van der Waals surface area contributed by atoms with Crippen LogP contribution in [0.4, 0.5) is 0 Å². The second-order valence-corrected chi connectivity index (χ2v) is 8.76. The van der Waals surface area contributed by atoms with E-state index in [0.29, 0.717) is 10.2 Å². The first-order chi connectivity index (χ1) is 13.4. The quantitative estimate of drug-likeness (QED) is 0.438. The van der Waals surface area contributed by atoms with E-state index in [1.807, 2.05) is 48.2 Å². The van der Waals surface area contributed by atoms with E-state index < -0.39 is 0 Å². The van der Waals surface area contributed by atoms with Crippen molar-refractivity contribution in [3.63, 3.8) is 0 Å². The summed E-state index contributed by atoms with van der Waals surface area (Å²) in [5, 5.41) is 16.7. The molecule has 8 heteroatoms. The van der Waals surface area contributed by atoms with Gasteiger partial charge in [-0.1, -0.05) is 34.1 Å². The van der Waals surface area contributed by atoms with Crippen molar-refractivity contribution in [2.45, 2.75) is 19.9 Å². The Bertz CT molecular complexity index is 1090. The smallest absolute Gasteiger partial charge is 0.206 e. The lowest BCUT2D eigenvalue weighted by Crippen LogP contribution is -2.14. The monoisotopic (exact) mass is 523 g/mol. The van der Waals surface area contributed by atoms with E-state index in [1.54, 1.807) is 29.7 Å². The van der Waals surface area contributed by atoms with Crippen molar-refractivity contribution in [2.75, 3.05) is 7.11 Å². The van der Waals surface area contributed by atoms with Crippen LogP contribution >= 0.6 is 43.2 Å². The summed E-state index contributed by atoms with van der Waals surface area (Å²) in [6, 6.07) is 11.7. The largest absolute Gasteiger partial charge is 0.503 e. The lowest BCUT2D eigenvalue weighted by molar-refractivity contribution is 0.372. The number of rotatable bonds is 5. The minimum Gasteiger partial charge on any atom is -0.503 e. The van der Waals surface area contributed by atoms with Gasteiger partial charge in [0.25, 0.3) is 0 Å². The van der Waals surface area contributed by atoms with Crippen LogP contribution < -0.4 is 9.54 Å². The van der Waals surface area contributed by atoms with Gasteiger partial charge >= 0.3 is 0 Å². The summed E-state index contributed by atoms with van der Waals surface area (Å²) in [6.07, 6.45) is 1.72. The maximum Gasteiger partial charge on any atom is 0.206 e. The summed E-state index contributed by atoms with van der Waals surface area (Å²) in [4.78, 5) is 5.50. The third-order valence-electron chi connectivity index (χ3n) is 3.80. The summed E-state index contributed by atoms with van der Waals surface area (Å²) in [7, 11) is 1.51. The third-order valence-corrected chi connectivity index (χ3v) is 5.92. The van der Waals surface area contributed by atoms with E-state index in [2.05, 4.69) is 37.0 Å². The highest BCUT2D eigenvalue weighted by molar-refractivity contribution is 9.11. The van der Waals surface area contributed by atoms with Gasteiger partial charge in [0.2, 0.25) is 4.80 Å². The van der Waals surface area contributed by atoms with Crippen LogP contribution in [0.2, 0.25) is 0 Å². The zero-order chi connectivity index (χ0) is 20.3. The van der Waals surface area contributed by atoms with Gasteiger partial charge in [-0.05, 0) is 53.5 Å². The maximum absolute atomic E-state index is 10.0. The SMILES string of the molecule is COc1cc(C=Nn2c(-c3ccccc3Br)csc2=NC(C)C)cc(Br)c1O.